The number of carbonyl (C=O) groups is 2. The number of hydrogen-bond acceptors (Lipinski definition) is 3. The number of carboxylic acid groups (broad SMARTS) is 1. The Bertz CT molecular complexity index is 451. The molecule has 0 aliphatic rings. The second-order valence-electron chi connectivity index (χ2n) is 3.89. The van der Waals surface area contributed by atoms with Crippen molar-refractivity contribution in [3.8, 4) is 0 Å². The largest absolute Gasteiger partial charge is 0.480 e. The van der Waals surface area contributed by atoms with Gasteiger partial charge in [-0.25, -0.2) is 0 Å². The highest BCUT2D eigenvalue weighted by Gasteiger charge is 2.21. The second kappa shape index (κ2) is 4.99. The van der Waals surface area contributed by atoms with Crippen LogP contribution in [-0.2, 0) is 11.3 Å². The van der Waals surface area contributed by atoms with E-state index in [1.54, 1.807) is 18.5 Å². The molecule has 17 heavy (non-hydrogen) atoms. The summed E-state index contributed by atoms with van der Waals surface area (Å²) in [6.45, 7) is 7.56. The quantitative estimate of drug-likeness (QED) is 0.811. The molecule has 0 radical (unpaired) electrons. The molecular formula is C11H17N3O3. The third kappa shape index (κ3) is 2.64. The van der Waals surface area contributed by atoms with Crippen molar-refractivity contribution >= 4 is 11.9 Å². The average Bonchev–Trinajstić information content (AvgIpc) is 2.53. The number of nitrogens with zero attached hydrogens (tertiary/aromatic N) is 2. The zero-order chi connectivity index (χ0) is 13.2. The lowest BCUT2D eigenvalue weighted by Gasteiger charge is -2.09. The number of aliphatic carboxylic acids is 1. The Morgan fingerprint density at radius 3 is 2.47 bits per heavy atom. The van der Waals surface area contributed by atoms with E-state index in [0.717, 1.165) is 5.69 Å². The molecule has 0 unspecified atom stereocenters. The summed E-state index contributed by atoms with van der Waals surface area (Å²) in [6.07, 6.45) is 0. The van der Waals surface area contributed by atoms with E-state index in [-0.39, 0.29) is 0 Å². The highest BCUT2D eigenvalue weighted by Crippen LogP contribution is 2.12. The van der Waals surface area contributed by atoms with Gasteiger partial charge in [0.2, 0.25) is 0 Å². The van der Waals surface area contributed by atoms with E-state index in [9.17, 15) is 9.59 Å². The van der Waals surface area contributed by atoms with Gasteiger partial charge < -0.3 is 10.4 Å². The van der Waals surface area contributed by atoms with Gasteiger partial charge in [0.25, 0.3) is 5.91 Å². The van der Waals surface area contributed by atoms with Crippen molar-refractivity contribution in [2.45, 2.75) is 40.3 Å². The molecule has 6 heteroatoms. The average molecular weight is 239 g/mol. The molecule has 2 N–H and O–H groups in total. The Labute approximate surface area is 99.6 Å². The highest BCUT2D eigenvalue weighted by molar-refractivity contribution is 5.98. The van der Waals surface area contributed by atoms with Crippen LogP contribution in [0.1, 0.15) is 35.6 Å². The van der Waals surface area contributed by atoms with Crippen molar-refractivity contribution in [3.63, 3.8) is 0 Å². The summed E-state index contributed by atoms with van der Waals surface area (Å²) in [7, 11) is 0. The molecule has 0 bridgehead atoms. The summed E-state index contributed by atoms with van der Waals surface area (Å²) in [5, 5.41) is 15.4. The van der Waals surface area contributed by atoms with Gasteiger partial charge in [0.1, 0.15) is 6.04 Å². The summed E-state index contributed by atoms with van der Waals surface area (Å²) in [4.78, 5) is 22.6. The number of amides is 1. The van der Waals surface area contributed by atoms with E-state index in [1.165, 1.54) is 6.92 Å². The van der Waals surface area contributed by atoms with Crippen LogP contribution in [-0.4, -0.2) is 32.8 Å². The van der Waals surface area contributed by atoms with Gasteiger partial charge in [0.05, 0.1) is 11.3 Å². The molecule has 0 aromatic carbocycles. The number of carbonyl (C=O) groups excluding carboxylic acids is 1. The molecule has 1 amide bonds. The van der Waals surface area contributed by atoms with Gasteiger partial charge in [0.15, 0.2) is 0 Å². The lowest BCUT2D eigenvalue weighted by Crippen LogP contribution is -2.38. The van der Waals surface area contributed by atoms with Crippen LogP contribution >= 0.6 is 0 Å². The topological polar surface area (TPSA) is 84.2 Å². The van der Waals surface area contributed by atoms with Crippen molar-refractivity contribution in [1.82, 2.24) is 15.1 Å². The van der Waals surface area contributed by atoms with Crippen molar-refractivity contribution < 1.29 is 14.7 Å². The summed E-state index contributed by atoms with van der Waals surface area (Å²) in [6, 6.07) is -0.911. The van der Waals surface area contributed by atoms with Gasteiger partial charge >= 0.3 is 5.97 Å². The van der Waals surface area contributed by atoms with Gasteiger partial charge in [-0.15, -0.1) is 0 Å². The Hall–Kier alpha value is -1.85. The predicted octanol–water partition coefficient (Wildman–Crippen LogP) is 0.723. The van der Waals surface area contributed by atoms with E-state index in [4.69, 9.17) is 5.11 Å². The number of aromatic nitrogens is 2. The Morgan fingerprint density at radius 2 is 2.06 bits per heavy atom. The molecule has 6 nitrogen and oxygen atoms in total. The monoisotopic (exact) mass is 239 g/mol. The van der Waals surface area contributed by atoms with Crippen LogP contribution in [0.2, 0.25) is 0 Å². The van der Waals surface area contributed by atoms with E-state index in [0.29, 0.717) is 17.8 Å². The maximum Gasteiger partial charge on any atom is 0.325 e. The fourth-order valence-corrected chi connectivity index (χ4v) is 1.66. The van der Waals surface area contributed by atoms with Crippen LogP contribution in [0.15, 0.2) is 0 Å². The normalized spacial score (nSPS) is 12.2. The minimum Gasteiger partial charge on any atom is -0.480 e. The van der Waals surface area contributed by atoms with E-state index < -0.39 is 17.9 Å². The van der Waals surface area contributed by atoms with Gasteiger partial charge in [-0.05, 0) is 27.7 Å². The third-order valence-electron chi connectivity index (χ3n) is 2.63. The van der Waals surface area contributed by atoms with Crippen molar-refractivity contribution in [1.29, 1.82) is 0 Å². The Balaban J connectivity index is 2.97. The van der Waals surface area contributed by atoms with E-state index in [1.807, 2.05) is 6.92 Å². The van der Waals surface area contributed by atoms with Gasteiger partial charge in [-0.2, -0.15) is 5.10 Å². The van der Waals surface area contributed by atoms with Crippen LogP contribution in [0, 0.1) is 13.8 Å². The molecule has 1 rings (SSSR count). The Kier molecular flexibility index (Phi) is 3.88. The van der Waals surface area contributed by atoms with E-state index in [2.05, 4.69) is 10.4 Å². The predicted molar refractivity (Wildman–Crippen MR) is 61.9 cm³/mol. The van der Waals surface area contributed by atoms with Crippen LogP contribution < -0.4 is 5.32 Å². The second-order valence-corrected chi connectivity index (χ2v) is 3.89. The van der Waals surface area contributed by atoms with Crippen LogP contribution in [0.25, 0.3) is 0 Å². The molecule has 94 valence electrons. The number of nitrogens with one attached hydrogen (secondary N) is 1. The summed E-state index contributed by atoms with van der Waals surface area (Å²) in [5.74, 6) is -1.45. The first kappa shape index (κ1) is 13.2. The molecular weight excluding hydrogens is 222 g/mol. The molecule has 1 atom stereocenters. The fraction of sp³-hybridized carbons (Fsp3) is 0.545. The maximum absolute atomic E-state index is 11.9. The van der Waals surface area contributed by atoms with Gasteiger partial charge in [-0.1, -0.05) is 0 Å². The smallest absolute Gasteiger partial charge is 0.325 e. The molecule has 1 heterocycles. The molecule has 0 spiro atoms. The molecule has 0 aliphatic heterocycles. The van der Waals surface area contributed by atoms with Crippen molar-refractivity contribution in [2.24, 2.45) is 0 Å². The third-order valence-corrected chi connectivity index (χ3v) is 2.63. The zero-order valence-electron chi connectivity index (χ0n) is 10.4. The van der Waals surface area contributed by atoms with Crippen LogP contribution in [0.3, 0.4) is 0 Å². The number of hydrogen-bond donors (Lipinski definition) is 2. The van der Waals surface area contributed by atoms with E-state index >= 15 is 0 Å². The van der Waals surface area contributed by atoms with Crippen molar-refractivity contribution in [3.05, 3.63) is 17.0 Å². The molecule has 1 aromatic rings. The van der Waals surface area contributed by atoms with Crippen LogP contribution in [0.4, 0.5) is 0 Å². The standard InChI is InChI=1S/C11H17N3O3/c1-5-14-8(4)9(6(2)13-14)10(15)12-7(3)11(16)17/h7H,5H2,1-4H3,(H,12,15)(H,16,17)/t7-/m1/s1. The number of rotatable bonds is 4. The first-order chi connectivity index (χ1) is 7.88. The number of aryl methyl sites for hydroxylation is 2. The minimum atomic E-state index is -1.06. The fourth-order valence-electron chi connectivity index (χ4n) is 1.66. The molecule has 0 saturated carbocycles. The lowest BCUT2D eigenvalue weighted by molar-refractivity contribution is -0.138. The first-order valence-corrected chi connectivity index (χ1v) is 5.46. The minimum absolute atomic E-state index is 0.394. The van der Waals surface area contributed by atoms with Gasteiger partial charge in [-0.3, -0.25) is 14.3 Å². The van der Waals surface area contributed by atoms with Gasteiger partial charge in [0, 0.05) is 12.2 Å². The van der Waals surface area contributed by atoms with Crippen LogP contribution in [0.5, 0.6) is 0 Å². The van der Waals surface area contributed by atoms with Crippen molar-refractivity contribution in [2.75, 3.05) is 0 Å². The summed E-state index contributed by atoms with van der Waals surface area (Å²) in [5.41, 5.74) is 1.82. The Morgan fingerprint density at radius 1 is 1.47 bits per heavy atom. The highest BCUT2D eigenvalue weighted by atomic mass is 16.4. The number of carboxylic acids is 1. The first-order valence-electron chi connectivity index (χ1n) is 5.46. The lowest BCUT2D eigenvalue weighted by atomic mass is 10.1. The maximum atomic E-state index is 11.9. The summed E-state index contributed by atoms with van der Waals surface area (Å²) >= 11 is 0. The molecule has 1 aromatic heterocycles. The molecule has 0 saturated heterocycles. The molecule has 0 aliphatic carbocycles. The summed E-state index contributed by atoms with van der Waals surface area (Å²) < 4.78 is 1.72. The SMILES string of the molecule is CCn1nc(C)c(C(=O)N[C@H](C)C(=O)O)c1C. The zero-order valence-corrected chi connectivity index (χ0v) is 10.4. The molecule has 0 fully saturated rings.